The van der Waals surface area contributed by atoms with Gasteiger partial charge in [-0.15, -0.1) is 6.92 Å². The molecule has 0 aromatic carbocycles. The molecule has 0 aliphatic heterocycles. The van der Waals surface area contributed by atoms with E-state index in [1.165, 1.54) is 16.7 Å². The van der Waals surface area contributed by atoms with Gasteiger partial charge in [0.05, 0.1) is 0 Å². The fourth-order valence-corrected chi connectivity index (χ4v) is 1.41. The van der Waals surface area contributed by atoms with E-state index in [1.807, 2.05) is 0 Å². The van der Waals surface area contributed by atoms with Gasteiger partial charge in [0.2, 0.25) is 0 Å². The molecular weight excluding hydrogens is 366 g/mol. The monoisotopic (exact) mass is 391 g/mol. The van der Waals surface area contributed by atoms with Gasteiger partial charge in [-0.25, -0.2) is 5.57 Å². The summed E-state index contributed by atoms with van der Waals surface area (Å²) in [5.74, 6) is 0. The second-order valence-corrected chi connectivity index (χ2v) is 3.62. The van der Waals surface area contributed by atoms with Gasteiger partial charge in [0.25, 0.3) is 0 Å². The Bertz CT molecular complexity index is 240. The summed E-state index contributed by atoms with van der Waals surface area (Å²) in [6, 6.07) is 0. The van der Waals surface area contributed by atoms with Gasteiger partial charge in [0.15, 0.2) is 0 Å². The molecule has 0 atom stereocenters. The maximum Gasteiger partial charge on any atom is 0.0319 e. The van der Waals surface area contributed by atoms with Crippen LogP contribution in [-0.4, -0.2) is 36.6 Å². The number of hydrogen-bond acceptors (Lipinski definition) is 3. The third-order valence-corrected chi connectivity index (χ3v) is 2.56. The quantitative estimate of drug-likeness (QED) is 0.367. The average Bonchev–Trinajstić information content (AvgIpc) is 2.50. The number of aliphatic hydroxyl groups excluding tert-OH is 3. The first-order valence-corrected chi connectivity index (χ1v) is 5.09. The Kier molecular flexibility index (Phi) is 40.9. The molecule has 0 aromatic heterocycles. The smallest absolute Gasteiger partial charge is 0.0319 e. The standard InChI is InChI=1S/C10H15.3CH4O.2ClH.Zr/c1-7-6-10(4,5)9(3)8(7)2;3*1-2;;;/h1-5H3;3*2H,1H3;2*1H;/q-1;;;;;;/p-2. The third-order valence-electron chi connectivity index (χ3n) is 2.56. The fraction of sp³-hybridized carbons (Fsp3) is 0.692. The van der Waals surface area contributed by atoms with E-state index in [4.69, 9.17) is 15.3 Å². The molecule has 1 rings (SSSR count). The maximum absolute atomic E-state index is 7.00. The van der Waals surface area contributed by atoms with Crippen LogP contribution in [-0.2, 0) is 26.2 Å². The molecule has 0 saturated carbocycles. The molecule has 0 unspecified atom stereocenters. The van der Waals surface area contributed by atoms with Crippen LogP contribution in [0.5, 0.6) is 0 Å². The normalized spacial score (nSPS) is 13.3. The van der Waals surface area contributed by atoms with Gasteiger partial charge in [0, 0.05) is 47.5 Å². The average molecular weight is 393 g/mol. The van der Waals surface area contributed by atoms with Gasteiger partial charge in [-0.1, -0.05) is 33.1 Å². The third kappa shape index (κ3) is 13.6. The number of hydrogen-bond donors (Lipinski definition) is 3. The van der Waals surface area contributed by atoms with Crippen molar-refractivity contribution in [2.45, 2.75) is 34.6 Å². The molecule has 6 heteroatoms. The minimum Gasteiger partial charge on any atom is -1.00 e. The first-order chi connectivity index (χ1) is 7.45. The van der Waals surface area contributed by atoms with Crippen LogP contribution < -0.4 is 24.8 Å². The zero-order valence-corrected chi connectivity index (χ0v) is 17.1. The van der Waals surface area contributed by atoms with Crippen LogP contribution >= 0.6 is 0 Å². The molecule has 0 fully saturated rings. The summed E-state index contributed by atoms with van der Waals surface area (Å²) in [5, 5.41) is 21.0. The molecule has 0 heterocycles. The Morgan fingerprint density at radius 3 is 1.11 bits per heavy atom. The van der Waals surface area contributed by atoms with E-state index in [1.54, 1.807) is 0 Å². The minimum absolute atomic E-state index is 0. The van der Waals surface area contributed by atoms with E-state index >= 15 is 0 Å². The summed E-state index contributed by atoms with van der Waals surface area (Å²) in [5.41, 5.74) is 4.39. The Balaban J connectivity index is -0.0000000418. The summed E-state index contributed by atoms with van der Waals surface area (Å²) in [6.45, 7) is 10.9. The molecule has 0 spiro atoms. The number of allylic oxidation sites excluding steroid dienone is 4. The number of aliphatic hydroxyl groups is 3. The van der Waals surface area contributed by atoms with Crippen LogP contribution in [0.1, 0.15) is 34.6 Å². The van der Waals surface area contributed by atoms with E-state index in [9.17, 15) is 0 Å². The first kappa shape index (κ1) is 36.8. The van der Waals surface area contributed by atoms with Gasteiger partial charge in [-0.3, -0.25) is 6.08 Å². The van der Waals surface area contributed by atoms with Crippen molar-refractivity contribution in [3.8, 4) is 0 Å². The van der Waals surface area contributed by atoms with Crippen LogP contribution in [0.15, 0.2) is 16.7 Å². The molecule has 1 aliphatic rings. The first-order valence-electron chi connectivity index (χ1n) is 5.09. The van der Waals surface area contributed by atoms with Crippen molar-refractivity contribution in [1.82, 2.24) is 0 Å². The largest absolute Gasteiger partial charge is 1.00 e. The Labute approximate surface area is 150 Å². The summed E-state index contributed by atoms with van der Waals surface area (Å²) in [7, 11) is 3.00. The van der Waals surface area contributed by atoms with Gasteiger partial charge in [-0.05, 0) is 0 Å². The van der Waals surface area contributed by atoms with Crippen molar-refractivity contribution in [2.24, 2.45) is 5.41 Å². The van der Waals surface area contributed by atoms with E-state index in [2.05, 4.69) is 40.7 Å². The second-order valence-electron chi connectivity index (χ2n) is 3.62. The van der Waals surface area contributed by atoms with Gasteiger partial charge in [-0.2, -0.15) is 11.1 Å². The summed E-state index contributed by atoms with van der Waals surface area (Å²) in [6.07, 6.45) is 3.44. The molecule has 0 aromatic rings. The predicted molar refractivity (Wildman–Crippen MR) is 69.0 cm³/mol. The molecule has 0 bridgehead atoms. The van der Waals surface area contributed by atoms with E-state index in [0.29, 0.717) is 0 Å². The van der Waals surface area contributed by atoms with Crippen LogP contribution in [0.2, 0.25) is 0 Å². The van der Waals surface area contributed by atoms with Crippen molar-refractivity contribution in [1.29, 1.82) is 0 Å². The van der Waals surface area contributed by atoms with Crippen LogP contribution in [0.25, 0.3) is 0 Å². The number of rotatable bonds is 0. The zero-order chi connectivity index (χ0) is 13.9. The summed E-state index contributed by atoms with van der Waals surface area (Å²) >= 11 is 0. The Morgan fingerprint density at radius 1 is 0.789 bits per heavy atom. The van der Waals surface area contributed by atoms with Crippen LogP contribution in [0, 0.1) is 11.5 Å². The molecule has 1 aliphatic carbocycles. The molecule has 3 N–H and O–H groups in total. The molecule has 0 amide bonds. The maximum atomic E-state index is 7.00. The van der Waals surface area contributed by atoms with Gasteiger partial charge in [0.1, 0.15) is 0 Å². The van der Waals surface area contributed by atoms with E-state index < -0.39 is 0 Å². The second kappa shape index (κ2) is 21.1. The van der Waals surface area contributed by atoms with Crippen molar-refractivity contribution in [2.75, 3.05) is 21.3 Å². The Morgan fingerprint density at radius 2 is 1.05 bits per heavy atom. The topological polar surface area (TPSA) is 60.7 Å². The van der Waals surface area contributed by atoms with Crippen molar-refractivity contribution in [3.05, 3.63) is 22.8 Å². The van der Waals surface area contributed by atoms with Gasteiger partial charge >= 0.3 is 0 Å². The number of halogens is 2. The molecule has 0 radical (unpaired) electrons. The zero-order valence-electron chi connectivity index (χ0n) is 13.1. The summed E-state index contributed by atoms with van der Waals surface area (Å²) in [4.78, 5) is 0. The molecule has 0 saturated heterocycles. The molecular formula is C13H27Cl2O3Zr-3. The molecule has 19 heavy (non-hydrogen) atoms. The van der Waals surface area contributed by atoms with Crippen molar-refractivity contribution < 1.29 is 66.3 Å². The minimum atomic E-state index is 0. The van der Waals surface area contributed by atoms with Crippen LogP contribution in [0.3, 0.4) is 0 Å². The van der Waals surface area contributed by atoms with Crippen LogP contribution in [0.4, 0.5) is 0 Å². The SMILES string of the molecule is CC1=[C-]C(C)(C)C(C)=C1C.CO.CO.CO.[Cl-].[Cl-].[Zr]. The van der Waals surface area contributed by atoms with E-state index in [-0.39, 0.29) is 56.4 Å². The van der Waals surface area contributed by atoms with Gasteiger partial charge < -0.3 is 40.1 Å². The fourth-order valence-electron chi connectivity index (χ4n) is 1.41. The summed E-state index contributed by atoms with van der Waals surface area (Å²) < 4.78 is 0. The molecule has 118 valence electrons. The Hall–Kier alpha value is 0.823. The molecule has 3 nitrogen and oxygen atoms in total. The van der Waals surface area contributed by atoms with E-state index in [0.717, 1.165) is 21.3 Å². The van der Waals surface area contributed by atoms with Crippen molar-refractivity contribution >= 4 is 0 Å². The predicted octanol–water partition coefficient (Wildman–Crippen LogP) is -4.06. The van der Waals surface area contributed by atoms with Crippen molar-refractivity contribution in [3.63, 3.8) is 0 Å².